The van der Waals surface area contributed by atoms with E-state index in [2.05, 4.69) is 30.8 Å². The maximum atomic E-state index is 5.36. The molecule has 0 aliphatic carbocycles. The molecule has 2 aromatic heterocycles. The Labute approximate surface area is 156 Å². The zero-order valence-electron chi connectivity index (χ0n) is 15.3. The molecule has 0 amide bonds. The molecular weight excluding hydrogens is 348 g/mol. The van der Waals surface area contributed by atoms with E-state index in [0.29, 0.717) is 41.2 Å². The Morgan fingerprint density at radius 3 is 2.41 bits per heavy atom. The summed E-state index contributed by atoms with van der Waals surface area (Å²) in [6.07, 6.45) is 5.03. The molecule has 3 rings (SSSR count). The minimum absolute atomic E-state index is 0.399. The van der Waals surface area contributed by atoms with Crippen LogP contribution in [0, 0.1) is 0 Å². The number of nitrogens with zero attached hydrogens (tertiary/aromatic N) is 4. The van der Waals surface area contributed by atoms with E-state index in [4.69, 9.17) is 14.2 Å². The molecule has 0 fully saturated rings. The molecule has 3 aromatic rings. The summed E-state index contributed by atoms with van der Waals surface area (Å²) in [7, 11) is 4.68. The second-order valence-electron chi connectivity index (χ2n) is 5.42. The van der Waals surface area contributed by atoms with Crippen LogP contribution in [0.1, 0.15) is 5.56 Å². The van der Waals surface area contributed by atoms with Crippen molar-refractivity contribution in [2.75, 3.05) is 32.0 Å². The predicted octanol–water partition coefficient (Wildman–Crippen LogP) is 2.65. The van der Waals surface area contributed by atoms with E-state index < -0.39 is 0 Å². The normalized spacial score (nSPS) is 10.2. The van der Waals surface area contributed by atoms with Crippen molar-refractivity contribution < 1.29 is 14.2 Å². The molecule has 1 aromatic carbocycles. The first kappa shape index (κ1) is 18.2. The third-order valence-corrected chi connectivity index (χ3v) is 3.67. The molecule has 0 saturated carbocycles. The lowest BCUT2D eigenvalue weighted by Crippen LogP contribution is -2.06. The molecule has 0 saturated heterocycles. The van der Waals surface area contributed by atoms with Gasteiger partial charge in [0.05, 0.1) is 27.5 Å². The van der Waals surface area contributed by atoms with Gasteiger partial charge in [-0.1, -0.05) is 6.07 Å². The molecule has 0 spiro atoms. The van der Waals surface area contributed by atoms with Crippen LogP contribution in [0.15, 0.2) is 42.9 Å². The van der Waals surface area contributed by atoms with Crippen molar-refractivity contribution in [1.82, 2.24) is 20.2 Å². The number of hydrogen-bond acceptors (Lipinski definition) is 9. The van der Waals surface area contributed by atoms with Crippen LogP contribution < -0.4 is 24.8 Å². The Hall–Kier alpha value is -3.62. The molecule has 0 bridgehead atoms. The quantitative estimate of drug-likeness (QED) is 0.621. The zero-order valence-corrected chi connectivity index (χ0v) is 15.3. The number of benzene rings is 1. The van der Waals surface area contributed by atoms with Crippen LogP contribution in [-0.2, 0) is 6.54 Å². The molecule has 27 heavy (non-hydrogen) atoms. The summed E-state index contributed by atoms with van der Waals surface area (Å²) in [5.41, 5.74) is 1.73. The maximum Gasteiger partial charge on any atom is 0.244 e. The van der Waals surface area contributed by atoms with Crippen LogP contribution in [0.2, 0.25) is 0 Å². The number of nitrogens with one attached hydrogen (secondary N) is 2. The Kier molecular flexibility index (Phi) is 5.83. The summed E-state index contributed by atoms with van der Waals surface area (Å²) in [4.78, 5) is 8.48. The molecule has 0 aliphatic heterocycles. The van der Waals surface area contributed by atoms with E-state index in [0.717, 1.165) is 5.56 Å². The van der Waals surface area contributed by atoms with E-state index in [1.54, 1.807) is 45.9 Å². The molecular formula is C18H20N6O3. The van der Waals surface area contributed by atoms with Gasteiger partial charge in [-0.2, -0.15) is 10.1 Å². The lowest BCUT2D eigenvalue weighted by atomic mass is 10.2. The highest BCUT2D eigenvalue weighted by atomic mass is 16.5. The van der Waals surface area contributed by atoms with Gasteiger partial charge in [0.25, 0.3) is 0 Å². The third kappa shape index (κ3) is 4.51. The maximum absolute atomic E-state index is 5.36. The van der Waals surface area contributed by atoms with Crippen molar-refractivity contribution in [3.63, 3.8) is 0 Å². The summed E-state index contributed by atoms with van der Waals surface area (Å²) < 4.78 is 16.0. The number of ether oxygens (including phenoxy) is 3. The van der Waals surface area contributed by atoms with Gasteiger partial charge in [0.1, 0.15) is 0 Å². The Morgan fingerprint density at radius 1 is 1.00 bits per heavy atom. The highest BCUT2D eigenvalue weighted by Crippen LogP contribution is 2.40. The minimum Gasteiger partial charge on any atom is -0.493 e. The van der Waals surface area contributed by atoms with Gasteiger partial charge in [-0.3, -0.25) is 4.98 Å². The standard InChI is InChI=1S/C18H20N6O3/c1-25-14-7-13(8-15(26-2)17(14)27-3)22-16-11-21-24-18(23-16)20-10-12-5-4-6-19-9-12/h4-9,11H,10H2,1-3H3,(H2,20,22,23,24). The number of methoxy groups -OCH3 is 3. The molecule has 9 nitrogen and oxygen atoms in total. The Bertz CT molecular complexity index is 866. The van der Waals surface area contributed by atoms with Gasteiger partial charge >= 0.3 is 0 Å². The summed E-state index contributed by atoms with van der Waals surface area (Å²) in [6, 6.07) is 7.41. The second kappa shape index (κ2) is 8.65. The van der Waals surface area contributed by atoms with Crippen LogP contribution >= 0.6 is 0 Å². The lowest BCUT2D eigenvalue weighted by Gasteiger charge is -2.15. The highest BCUT2D eigenvalue weighted by Gasteiger charge is 2.13. The van der Waals surface area contributed by atoms with Gasteiger partial charge in [-0.05, 0) is 11.6 Å². The second-order valence-corrected chi connectivity index (χ2v) is 5.42. The van der Waals surface area contributed by atoms with Crippen LogP contribution in [0.5, 0.6) is 17.2 Å². The molecule has 140 valence electrons. The summed E-state index contributed by atoms with van der Waals surface area (Å²) in [5, 5.41) is 14.2. The molecule has 2 N–H and O–H groups in total. The van der Waals surface area contributed by atoms with Crippen LogP contribution in [0.25, 0.3) is 0 Å². The average molecular weight is 368 g/mol. The molecule has 0 aliphatic rings. The van der Waals surface area contributed by atoms with Crippen molar-refractivity contribution in [3.8, 4) is 17.2 Å². The fraction of sp³-hybridized carbons (Fsp3) is 0.222. The molecule has 2 heterocycles. The predicted molar refractivity (Wildman–Crippen MR) is 101 cm³/mol. The van der Waals surface area contributed by atoms with Gasteiger partial charge in [0.2, 0.25) is 11.7 Å². The summed E-state index contributed by atoms with van der Waals surface area (Å²) >= 11 is 0. The summed E-state index contributed by atoms with van der Waals surface area (Å²) in [5.74, 6) is 2.52. The SMILES string of the molecule is COc1cc(Nc2cnnc(NCc3cccnc3)n2)cc(OC)c1OC. The number of hydrogen-bond donors (Lipinski definition) is 2. The van der Waals surface area contributed by atoms with Crippen molar-refractivity contribution in [3.05, 3.63) is 48.4 Å². The van der Waals surface area contributed by atoms with Crippen LogP contribution in [0.4, 0.5) is 17.5 Å². The molecule has 0 unspecified atom stereocenters. The van der Waals surface area contributed by atoms with Crippen molar-refractivity contribution in [2.24, 2.45) is 0 Å². The monoisotopic (exact) mass is 368 g/mol. The first-order valence-corrected chi connectivity index (χ1v) is 8.13. The van der Waals surface area contributed by atoms with E-state index in [1.807, 2.05) is 12.1 Å². The molecule has 0 radical (unpaired) electrons. The number of aromatic nitrogens is 4. The van der Waals surface area contributed by atoms with Gasteiger partial charge in [-0.15, -0.1) is 5.10 Å². The summed E-state index contributed by atoms with van der Waals surface area (Å²) in [6.45, 7) is 0.545. The number of anilines is 3. The number of rotatable bonds is 8. The van der Waals surface area contributed by atoms with Crippen molar-refractivity contribution in [2.45, 2.75) is 6.54 Å². The first-order chi connectivity index (χ1) is 13.2. The zero-order chi connectivity index (χ0) is 19.1. The average Bonchev–Trinajstić information content (AvgIpc) is 2.72. The fourth-order valence-electron chi connectivity index (χ4n) is 2.42. The van der Waals surface area contributed by atoms with E-state index in [9.17, 15) is 0 Å². The van der Waals surface area contributed by atoms with Gasteiger partial charge in [0.15, 0.2) is 17.3 Å². The van der Waals surface area contributed by atoms with Crippen LogP contribution in [0.3, 0.4) is 0 Å². The first-order valence-electron chi connectivity index (χ1n) is 8.13. The van der Waals surface area contributed by atoms with E-state index in [1.165, 1.54) is 6.20 Å². The Morgan fingerprint density at radius 2 is 1.78 bits per heavy atom. The molecule has 9 heteroatoms. The third-order valence-electron chi connectivity index (χ3n) is 3.67. The highest BCUT2D eigenvalue weighted by molar-refractivity contribution is 5.66. The van der Waals surface area contributed by atoms with E-state index >= 15 is 0 Å². The molecule has 0 atom stereocenters. The Balaban J connectivity index is 1.76. The smallest absolute Gasteiger partial charge is 0.244 e. The van der Waals surface area contributed by atoms with Gasteiger partial charge in [-0.25, -0.2) is 0 Å². The topological polar surface area (TPSA) is 103 Å². The minimum atomic E-state index is 0.399. The van der Waals surface area contributed by atoms with Gasteiger partial charge in [0, 0.05) is 36.8 Å². The van der Waals surface area contributed by atoms with Gasteiger partial charge < -0.3 is 24.8 Å². The van der Waals surface area contributed by atoms with E-state index in [-0.39, 0.29) is 0 Å². The van der Waals surface area contributed by atoms with Crippen molar-refractivity contribution >= 4 is 17.5 Å². The lowest BCUT2D eigenvalue weighted by molar-refractivity contribution is 0.324. The fourth-order valence-corrected chi connectivity index (χ4v) is 2.42. The largest absolute Gasteiger partial charge is 0.493 e. The van der Waals surface area contributed by atoms with Crippen LogP contribution in [-0.4, -0.2) is 41.5 Å². The van der Waals surface area contributed by atoms with Crippen molar-refractivity contribution in [1.29, 1.82) is 0 Å². The number of pyridine rings is 1.